The molecule has 2 rings (SSSR count). The molecule has 0 aliphatic rings. The molecular formula is C12H17ClN4O. The Hall–Kier alpha value is -1.33. The van der Waals surface area contributed by atoms with Crippen molar-refractivity contribution in [3.8, 4) is 0 Å². The molecule has 2 aromatic rings. The molecule has 0 aliphatic carbocycles. The Morgan fingerprint density at radius 2 is 2.22 bits per heavy atom. The lowest BCUT2D eigenvalue weighted by Gasteiger charge is -2.18. The molecule has 0 N–H and O–H groups in total. The van der Waals surface area contributed by atoms with Gasteiger partial charge >= 0.3 is 0 Å². The van der Waals surface area contributed by atoms with E-state index in [1.165, 1.54) is 0 Å². The van der Waals surface area contributed by atoms with Gasteiger partial charge in [0.05, 0.1) is 25.1 Å². The number of hydrogen-bond donors (Lipinski definition) is 0. The summed E-state index contributed by atoms with van der Waals surface area (Å²) in [4.78, 5) is 10.8. The number of anilines is 1. The first kappa shape index (κ1) is 13.1. The summed E-state index contributed by atoms with van der Waals surface area (Å²) in [6, 6.07) is 1.96. The quantitative estimate of drug-likeness (QED) is 0.590. The lowest BCUT2D eigenvalue weighted by molar-refractivity contribution is 0.156. The van der Waals surface area contributed by atoms with Gasteiger partial charge in [0.15, 0.2) is 5.82 Å². The Bertz CT molecular complexity index is 514. The van der Waals surface area contributed by atoms with Gasteiger partial charge in [-0.05, 0) is 6.07 Å². The van der Waals surface area contributed by atoms with Crippen molar-refractivity contribution in [3.05, 3.63) is 18.6 Å². The van der Waals surface area contributed by atoms with Crippen molar-refractivity contribution in [3.63, 3.8) is 0 Å². The molecule has 0 amide bonds. The first-order chi connectivity index (χ1) is 8.74. The lowest BCUT2D eigenvalue weighted by Crippen LogP contribution is -2.24. The molecule has 0 saturated heterocycles. The minimum Gasteiger partial charge on any atom is -0.378 e. The molecule has 0 bridgehead atoms. The standard InChI is InChI=1S/C12H17ClN4O/c1-16(6-8-18-7-4-13)12-11-10(3-5-14-12)17(2)9-15-11/h3,5,9H,4,6-8H2,1-2H3. The Labute approximate surface area is 111 Å². The number of likely N-dealkylation sites (N-methyl/N-ethyl adjacent to an activating group) is 1. The highest BCUT2D eigenvalue weighted by Crippen LogP contribution is 2.21. The largest absolute Gasteiger partial charge is 0.378 e. The van der Waals surface area contributed by atoms with E-state index in [2.05, 4.69) is 9.97 Å². The van der Waals surface area contributed by atoms with Crippen LogP contribution in [0.3, 0.4) is 0 Å². The van der Waals surface area contributed by atoms with Crippen molar-refractivity contribution >= 4 is 28.5 Å². The summed E-state index contributed by atoms with van der Waals surface area (Å²) < 4.78 is 7.35. The predicted octanol–water partition coefficient (Wildman–Crippen LogP) is 1.66. The number of aromatic nitrogens is 3. The predicted molar refractivity (Wildman–Crippen MR) is 73.3 cm³/mol. The van der Waals surface area contributed by atoms with E-state index < -0.39 is 0 Å². The van der Waals surface area contributed by atoms with Crippen molar-refractivity contribution in [2.45, 2.75) is 0 Å². The van der Waals surface area contributed by atoms with Crippen LogP contribution in [0.4, 0.5) is 5.82 Å². The minimum atomic E-state index is 0.526. The average Bonchev–Trinajstić information content (AvgIpc) is 2.76. The number of fused-ring (bicyclic) bond motifs is 1. The number of ether oxygens (including phenoxy) is 1. The first-order valence-corrected chi connectivity index (χ1v) is 6.38. The van der Waals surface area contributed by atoms with Crippen LogP contribution in [0, 0.1) is 0 Å². The van der Waals surface area contributed by atoms with Crippen molar-refractivity contribution in [1.29, 1.82) is 0 Å². The topological polar surface area (TPSA) is 43.2 Å². The van der Waals surface area contributed by atoms with Crippen LogP contribution in [0.5, 0.6) is 0 Å². The third-order valence-electron chi connectivity index (χ3n) is 2.78. The second-order valence-corrected chi connectivity index (χ2v) is 4.46. The lowest BCUT2D eigenvalue weighted by atomic mass is 10.3. The summed E-state index contributed by atoms with van der Waals surface area (Å²) in [5.41, 5.74) is 1.99. The maximum absolute atomic E-state index is 5.55. The van der Waals surface area contributed by atoms with Crippen LogP contribution < -0.4 is 4.90 Å². The van der Waals surface area contributed by atoms with Gasteiger partial charge in [-0.1, -0.05) is 0 Å². The smallest absolute Gasteiger partial charge is 0.156 e. The fourth-order valence-electron chi connectivity index (χ4n) is 1.79. The van der Waals surface area contributed by atoms with E-state index in [9.17, 15) is 0 Å². The van der Waals surface area contributed by atoms with Crippen molar-refractivity contribution in [1.82, 2.24) is 14.5 Å². The molecule has 0 unspecified atom stereocenters. The van der Waals surface area contributed by atoms with Gasteiger partial charge in [0.2, 0.25) is 0 Å². The molecule has 0 spiro atoms. The van der Waals surface area contributed by atoms with E-state index in [1.54, 1.807) is 12.5 Å². The molecular weight excluding hydrogens is 252 g/mol. The number of hydrogen-bond acceptors (Lipinski definition) is 4. The summed E-state index contributed by atoms with van der Waals surface area (Å²) in [6.07, 6.45) is 3.60. The Morgan fingerprint density at radius 3 is 3.00 bits per heavy atom. The van der Waals surface area contributed by atoms with Crippen LogP contribution in [0.1, 0.15) is 0 Å². The number of halogens is 1. The van der Waals surface area contributed by atoms with E-state index in [0.717, 1.165) is 23.4 Å². The van der Waals surface area contributed by atoms with Crippen LogP contribution in [0.25, 0.3) is 11.0 Å². The maximum atomic E-state index is 5.55. The van der Waals surface area contributed by atoms with Crippen molar-refractivity contribution in [2.75, 3.05) is 37.6 Å². The van der Waals surface area contributed by atoms with Crippen molar-refractivity contribution in [2.24, 2.45) is 7.05 Å². The Kier molecular flexibility index (Phi) is 4.38. The van der Waals surface area contributed by atoms with Gasteiger partial charge in [-0.15, -0.1) is 11.6 Å². The molecule has 5 nitrogen and oxygen atoms in total. The molecule has 98 valence electrons. The van der Waals surface area contributed by atoms with Crippen LogP contribution >= 0.6 is 11.6 Å². The van der Waals surface area contributed by atoms with Gasteiger partial charge in [-0.25, -0.2) is 9.97 Å². The molecule has 2 aromatic heterocycles. The third-order valence-corrected chi connectivity index (χ3v) is 2.93. The monoisotopic (exact) mass is 268 g/mol. The third kappa shape index (κ3) is 2.73. The zero-order valence-corrected chi connectivity index (χ0v) is 11.4. The van der Waals surface area contributed by atoms with Gasteiger partial charge in [0.1, 0.15) is 5.52 Å². The Balaban J connectivity index is 2.10. The number of alkyl halides is 1. The summed E-state index contributed by atoms with van der Waals surface area (Å²) in [7, 11) is 3.96. The zero-order valence-electron chi connectivity index (χ0n) is 10.6. The number of pyridine rings is 1. The molecule has 0 aliphatic heterocycles. The van der Waals surface area contributed by atoms with E-state index >= 15 is 0 Å². The SMILES string of the molecule is CN(CCOCCCl)c1nccc2c1ncn2C. The number of imidazole rings is 1. The molecule has 0 atom stereocenters. The van der Waals surface area contributed by atoms with Crippen LogP contribution in [-0.4, -0.2) is 47.2 Å². The van der Waals surface area contributed by atoms with E-state index in [0.29, 0.717) is 19.1 Å². The fourth-order valence-corrected chi connectivity index (χ4v) is 1.90. The van der Waals surface area contributed by atoms with Gasteiger partial charge in [-0.3, -0.25) is 0 Å². The first-order valence-electron chi connectivity index (χ1n) is 5.85. The summed E-state index contributed by atoms with van der Waals surface area (Å²) >= 11 is 5.55. The van der Waals surface area contributed by atoms with Crippen molar-refractivity contribution < 1.29 is 4.74 Å². The second-order valence-electron chi connectivity index (χ2n) is 4.08. The molecule has 0 radical (unpaired) electrons. The van der Waals surface area contributed by atoms with Crippen LogP contribution in [0.2, 0.25) is 0 Å². The van der Waals surface area contributed by atoms with E-state index in [4.69, 9.17) is 16.3 Å². The van der Waals surface area contributed by atoms with Gasteiger partial charge < -0.3 is 14.2 Å². The number of nitrogens with zero attached hydrogens (tertiary/aromatic N) is 4. The molecule has 0 fully saturated rings. The van der Waals surface area contributed by atoms with E-state index in [-0.39, 0.29) is 0 Å². The second kappa shape index (κ2) is 6.02. The number of aryl methyl sites for hydroxylation is 1. The molecule has 18 heavy (non-hydrogen) atoms. The summed E-state index contributed by atoms with van der Waals surface area (Å²) in [5, 5.41) is 0. The average molecular weight is 269 g/mol. The Morgan fingerprint density at radius 1 is 1.39 bits per heavy atom. The normalized spacial score (nSPS) is 11.1. The maximum Gasteiger partial charge on any atom is 0.156 e. The van der Waals surface area contributed by atoms with E-state index in [1.807, 2.05) is 29.6 Å². The highest BCUT2D eigenvalue weighted by atomic mass is 35.5. The molecule has 0 aromatic carbocycles. The highest BCUT2D eigenvalue weighted by molar-refractivity contribution is 6.17. The van der Waals surface area contributed by atoms with Gasteiger partial charge in [-0.2, -0.15) is 0 Å². The summed E-state index contributed by atoms with van der Waals surface area (Å²) in [5.74, 6) is 1.40. The van der Waals surface area contributed by atoms with Gasteiger partial charge in [0.25, 0.3) is 0 Å². The van der Waals surface area contributed by atoms with Gasteiger partial charge in [0, 0.05) is 32.7 Å². The number of rotatable bonds is 6. The minimum absolute atomic E-state index is 0.526. The molecule has 6 heteroatoms. The fraction of sp³-hybridized carbons (Fsp3) is 0.500. The molecule has 2 heterocycles. The summed E-state index contributed by atoms with van der Waals surface area (Å²) in [6.45, 7) is 1.98. The van der Waals surface area contributed by atoms with Crippen LogP contribution in [-0.2, 0) is 11.8 Å². The van der Waals surface area contributed by atoms with Crippen LogP contribution in [0.15, 0.2) is 18.6 Å². The highest BCUT2D eigenvalue weighted by Gasteiger charge is 2.10. The zero-order chi connectivity index (χ0) is 13.0. The molecule has 0 saturated carbocycles.